The highest BCUT2D eigenvalue weighted by molar-refractivity contribution is 5.79. The molecule has 5 nitrogen and oxygen atoms in total. The molecular formula is C13H18N4O. The number of nitrogens with zero attached hydrogens (tertiary/aromatic N) is 3. The van der Waals surface area contributed by atoms with E-state index in [1.165, 1.54) is 0 Å². The molecule has 1 N–H and O–H groups in total. The Morgan fingerprint density at radius 2 is 2.06 bits per heavy atom. The molecule has 2 fully saturated rings. The maximum Gasteiger partial charge on any atom is 0.220 e. The van der Waals surface area contributed by atoms with E-state index < -0.39 is 0 Å². The summed E-state index contributed by atoms with van der Waals surface area (Å²) >= 11 is 0. The summed E-state index contributed by atoms with van der Waals surface area (Å²) in [5.41, 5.74) is 1.14. The minimum absolute atomic E-state index is 0.200. The monoisotopic (exact) mass is 246 g/mol. The van der Waals surface area contributed by atoms with E-state index in [2.05, 4.69) is 20.4 Å². The summed E-state index contributed by atoms with van der Waals surface area (Å²) in [5, 5.41) is 11.3. The first-order chi connectivity index (χ1) is 8.67. The van der Waals surface area contributed by atoms with Crippen molar-refractivity contribution in [3.8, 4) is 0 Å². The van der Waals surface area contributed by atoms with Crippen LogP contribution in [0.15, 0.2) is 12.1 Å². The number of aryl methyl sites for hydroxylation is 1. The molecule has 3 rings (SSSR count). The predicted octanol–water partition coefficient (Wildman–Crippen LogP) is 0.892. The van der Waals surface area contributed by atoms with Gasteiger partial charge in [0, 0.05) is 26.1 Å². The number of nitrogens with one attached hydrogen (secondary N) is 1. The van der Waals surface area contributed by atoms with Crippen LogP contribution in [0, 0.1) is 12.3 Å². The third-order valence-corrected chi connectivity index (χ3v) is 4.13. The van der Waals surface area contributed by atoms with Crippen molar-refractivity contribution in [3.05, 3.63) is 17.8 Å². The molecule has 2 aliphatic heterocycles. The zero-order valence-electron chi connectivity index (χ0n) is 10.6. The molecule has 1 spiro atoms. The molecule has 0 radical (unpaired) electrons. The van der Waals surface area contributed by atoms with Crippen molar-refractivity contribution >= 4 is 11.7 Å². The van der Waals surface area contributed by atoms with E-state index in [9.17, 15) is 4.79 Å². The fourth-order valence-corrected chi connectivity index (χ4v) is 2.88. The number of carbonyl (C=O) groups is 1. The van der Waals surface area contributed by atoms with Gasteiger partial charge in [0.1, 0.15) is 0 Å². The highest BCUT2D eigenvalue weighted by Crippen LogP contribution is 2.38. The van der Waals surface area contributed by atoms with E-state index >= 15 is 0 Å². The molecule has 1 amide bonds. The van der Waals surface area contributed by atoms with Gasteiger partial charge >= 0.3 is 0 Å². The Bertz CT molecular complexity index is 449. The van der Waals surface area contributed by atoms with Gasteiger partial charge in [0.2, 0.25) is 5.91 Å². The van der Waals surface area contributed by atoms with Gasteiger partial charge in [-0.15, -0.1) is 5.10 Å². The lowest BCUT2D eigenvalue weighted by atomic mass is 9.78. The lowest BCUT2D eigenvalue weighted by molar-refractivity contribution is -0.119. The molecule has 1 aromatic heterocycles. The molecule has 0 bridgehead atoms. The van der Waals surface area contributed by atoms with E-state index in [4.69, 9.17) is 0 Å². The highest BCUT2D eigenvalue weighted by Gasteiger charge is 2.40. The Balaban J connectivity index is 1.66. The van der Waals surface area contributed by atoms with Crippen LogP contribution < -0.4 is 10.2 Å². The molecule has 0 aromatic carbocycles. The second kappa shape index (κ2) is 4.23. The summed E-state index contributed by atoms with van der Waals surface area (Å²) in [6, 6.07) is 4.02. The molecule has 0 atom stereocenters. The van der Waals surface area contributed by atoms with Gasteiger partial charge in [-0.1, -0.05) is 0 Å². The van der Waals surface area contributed by atoms with Crippen molar-refractivity contribution in [2.75, 3.05) is 24.5 Å². The van der Waals surface area contributed by atoms with Gasteiger partial charge < -0.3 is 10.2 Å². The number of rotatable bonds is 1. The van der Waals surface area contributed by atoms with E-state index in [-0.39, 0.29) is 11.3 Å². The number of aromatic nitrogens is 2. The Kier molecular flexibility index (Phi) is 2.69. The summed E-state index contributed by atoms with van der Waals surface area (Å²) in [7, 11) is 0. The fraction of sp³-hybridized carbons (Fsp3) is 0.615. The standard InChI is InChI=1S/C13H18N4O/c1-10-2-3-11(16-15-10)17-6-4-13(5-7-17)8-12(18)14-9-13/h2-3H,4-9H2,1H3,(H,14,18). The number of hydrogen-bond acceptors (Lipinski definition) is 4. The molecule has 2 aliphatic rings. The SMILES string of the molecule is Cc1ccc(N2CCC3(CC2)CNC(=O)C3)nn1. The van der Waals surface area contributed by atoms with Gasteiger partial charge in [-0.2, -0.15) is 5.10 Å². The van der Waals surface area contributed by atoms with Crippen LogP contribution in [-0.2, 0) is 4.79 Å². The molecule has 3 heterocycles. The van der Waals surface area contributed by atoms with Gasteiger partial charge in [0.15, 0.2) is 5.82 Å². The summed E-state index contributed by atoms with van der Waals surface area (Å²) < 4.78 is 0. The van der Waals surface area contributed by atoms with Gasteiger partial charge in [-0.25, -0.2) is 0 Å². The summed E-state index contributed by atoms with van der Waals surface area (Å²) in [5.74, 6) is 1.16. The maximum atomic E-state index is 11.4. The normalized spacial score (nSPS) is 22.3. The molecule has 0 unspecified atom stereocenters. The van der Waals surface area contributed by atoms with Crippen LogP contribution in [0.1, 0.15) is 25.0 Å². The van der Waals surface area contributed by atoms with E-state index in [0.717, 1.165) is 44.0 Å². The van der Waals surface area contributed by atoms with Crippen LogP contribution >= 0.6 is 0 Å². The van der Waals surface area contributed by atoms with E-state index in [0.29, 0.717) is 6.42 Å². The van der Waals surface area contributed by atoms with Crippen molar-refractivity contribution in [2.24, 2.45) is 5.41 Å². The van der Waals surface area contributed by atoms with Crippen LogP contribution in [0.3, 0.4) is 0 Å². The first-order valence-corrected chi connectivity index (χ1v) is 6.49. The number of carbonyl (C=O) groups excluding carboxylic acids is 1. The Hall–Kier alpha value is -1.65. The molecule has 1 aromatic rings. The summed E-state index contributed by atoms with van der Waals surface area (Å²) in [6.07, 6.45) is 2.81. The van der Waals surface area contributed by atoms with Crippen LogP contribution in [0.2, 0.25) is 0 Å². The fourth-order valence-electron chi connectivity index (χ4n) is 2.88. The molecule has 96 valence electrons. The lowest BCUT2D eigenvalue weighted by Gasteiger charge is -2.38. The van der Waals surface area contributed by atoms with Crippen molar-refractivity contribution < 1.29 is 4.79 Å². The predicted molar refractivity (Wildman–Crippen MR) is 68.3 cm³/mol. The summed E-state index contributed by atoms with van der Waals surface area (Å²) in [4.78, 5) is 13.6. The van der Waals surface area contributed by atoms with Crippen LogP contribution in [-0.4, -0.2) is 35.7 Å². The molecule has 0 saturated carbocycles. The number of hydrogen-bond donors (Lipinski definition) is 1. The Morgan fingerprint density at radius 3 is 2.61 bits per heavy atom. The third-order valence-electron chi connectivity index (χ3n) is 4.13. The molecular weight excluding hydrogens is 228 g/mol. The first kappa shape index (κ1) is 11.4. The van der Waals surface area contributed by atoms with Crippen molar-refractivity contribution in [1.82, 2.24) is 15.5 Å². The van der Waals surface area contributed by atoms with E-state index in [1.807, 2.05) is 19.1 Å². The zero-order valence-corrected chi connectivity index (χ0v) is 10.6. The van der Waals surface area contributed by atoms with Gasteiger partial charge in [-0.05, 0) is 37.3 Å². The number of amides is 1. The maximum absolute atomic E-state index is 11.4. The van der Waals surface area contributed by atoms with Gasteiger partial charge in [-0.3, -0.25) is 4.79 Å². The first-order valence-electron chi connectivity index (χ1n) is 6.49. The second-order valence-electron chi connectivity index (χ2n) is 5.47. The second-order valence-corrected chi connectivity index (χ2v) is 5.47. The third kappa shape index (κ3) is 2.05. The van der Waals surface area contributed by atoms with Crippen molar-refractivity contribution in [2.45, 2.75) is 26.2 Å². The highest BCUT2D eigenvalue weighted by atomic mass is 16.1. The van der Waals surface area contributed by atoms with E-state index in [1.54, 1.807) is 0 Å². The Labute approximate surface area is 107 Å². The van der Waals surface area contributed by atoms with Crippen LogP contribution in [0.5, 0.6) is 0 Å². The topological polar surface area (TPSA) is 58.1 Å². The molecule has 18 heavy (non-hydrogen) atoms. The van der Waals surface area contributed by atoms with Crippen molar-refractivity contribution in [3.63, 3.8) is 0 Å². The minimum Gasteiger partial charge on any atom is -0.356 e. The van der Waals surface area contributed by atoms with Crippen LogP contribution in [0.4, 0.5) is 5.82 Å². The molecule has 5 heteroatoms. The average molecular weight is 246 g/mol. The van der Waals surface area contributed by atoms with Crippen LogP contribution in [0.25, 0.3) is 0 Å². The largest absolute Gasteiger partial charge is 0.356 e. The Morgan fingerprint density at radius 1 is 1.28 bits per heavy atom. The molecule has 2 saturated heterocycles. The average Bonchev–Trinajstić information content (AvgIpc) is 2.73. The zero-order chi connectivity index (χ0) is 12.6. The summed E-state index contributed by atoms with van der Waals surface area (Å²) in [6.45, 7) is 4.72. The smallest absolute Gasteiger partial charge is 0.220 e. The van der Waals surface area contributed by atoms with Crippen molar-refractivity contribution in [1.29, 1.82) is 0 Å². The lowest BCUT2D eigenvalue weighted by Crippen LogP contribution is -2.41. The number of anilines is 1. The molecule has 0 aliphatic carbocycles. The van der Waals surface area contributed by atoms with Gasteiger partial charge in [0.05, 0.1) is 5.69 Å². The number of piperidine rings is 1. The van der Waals surface area contributed by atoms with Gasteiger partial charge in [0.25, 0.3) is 0 Å². The quantitative estimate of drug-likeness (QED) is 0.799. The minimum atomic E-state index is 0.200.